The molecule has 0 saturated carbocycles. The maximum Gasteiger partial charge on any atom is 0.336 e. The largest absolute Gasteiger partial charge is 0.478 e. The van der Waals surface area contributed by atoms with Crippen LogP contribution in [0.15, 0.2) is 18.2 Å². The van der Waals surface area contributed by atoms with Gasteiger partial charge < -0.3 is 9.84 Å². The summed E-state index contributed by atoms with van der Waals surface area (Å²) >= 11 is 0. The molecule has 1 aromatic heterocycles. The van der Waals surface area contributed by atoms with E-state index in [1.165, 1.54) is 6.07 Å². The molecule has 0 bridgehead atoms. The lowest BCUT2D eigenvalue weighted by atomic mass is 9.99. The zero-order valence-electron chi connectivity index (χ0n) is 10.4. The molecule has 1 N–H and O–H groups in total. The number of carboxylic acid groups (broad SMARTS) is 1. The van der Waals surface area contributed by atoms with Crippen molar-refractivity contribution in [3.8, 4) is 0 Å². The van der Waals surface area contributed by atoms with E-state index in [2.05, 4.69) is 4.98 Å². The van der Waals surface area contributed by atoms with Crippen molar-refractivity contribution in [1.29, 1.82) is 0 Å². The minimum atomic E-state index is -1.23. The monoisotopic (exact) mass is 279 g/mol. The first-order valence-electron chi connectivity index (χ1n) is 6.17. The molecule has 3 rings (SSSR count). The predicted molar refractivity (Wildman–Crippen MR) is 66.8 cm³/mol. The van der Waals surface area contributed by atoms with Crippen molar-refractivity contribution in [3.63, 3.8) is 0 Å². The van der Waals surface area contributed by atoms with Crippen LogP contribution >= 0.6 is 0 Å². The second-order valence-corrected chi connectivity index (χ2v) is 4.74. The SMILES string of the molecule is O=C(O)c1cc(C2CCOC2)nc2c(F)cc(F)cc12. The molecule has 0 aliphatic carbocycles. The van der Waals surface area contributed by atoms with Crippen molar-refractivity contribution in [1.82, 2.24) is 4.98 Å². The molecule has 1 fully saturated rings. The molecular formula is C14H11F2NO3. The molecule has 104 valence electrons. The first kappa shape index (κ1) is 12.9. The summed E-state index contributed by atoms with van der Waals surface area (Å²) < 4.78 is 32.3. The number of aromatic nitrogens is 1. The maximum absolute atomic E-state index is 13.8. The van der Waals surface area contributed by atoms with Gasteiger partial charge in [-0.25, -0.2) is 18.6 Å². The number of halogens is 2. The lowest BCUT2D eigenvalue weighted by Gasteiger charge is -2.11. The zero-order chi connectivity index (χ0) is 14.3. The van der Waals surface area contributed by atoms with Crippen LogP contribution in [0.2, 0.25) is 0 Å². The molecule has 20 heavy (non-hydrogen) atoms. The summed E-state index contributed by atoms with van der Waals surface area (Å²) in [4.78, 5) is 15.5. The highest BCUT2D eigenvalue weighted by atomic mass is 19.1. The van der Waals surface area contributed by atoms with Crippen LogP contribution in [0, 0.1) is 11.6 Å². The minimum absolute atomic E-state index is 0.0299. The first-order chi connectivity index (χ1) is 9.56. The van der Waals surface area contributed by atoms with Crippen molar-refractivity contribution in [2.75, 3.05) is 13.2 Å². The van der Waals surface area contributed by atoms with Gasteiger partial charge in [-0.1, -0.05) is 0 Å². The topological polar surface area (TPSA) is 59.4 Å². The molecule has 2 aromatic rings. The van der Waals surface area contributed by atoms with Gasteiger partial charge in [0.1, 0.15) is 11.3 Å². The van der Waals surface area contributed by atoms with Crippen molar-refractivity contribution >= 4 is 16.9 Å². The number of ether oxygens (including phenoxy) is 1. The Morgan fingerprint density at radius 3 is 2.80 bits per heavy atom. The smallest absolute Gasteiger partial charge is 0.336 e. The lowest BCUT2D eigenvalue weighted by molar-refractivity contribution is 0.0698. The fourth-order valence-corrected chi connectivity index (χ4v) is 2.43. The average molecular weight is 279 g/mol. The van der Waals surface area contributed by atoms with E-state index in [0.717, 1.165) is 6.07 Å². The molecule has 1 aromatic carbocycles. The van der Waals surface area contributed by atoms with Gasteiger partial charge in [-0.2, -0.15) is 0 Å². The molecule has 1 atom stereocenters. The Labute approximate surface area is 113 Å². The first-order valence-corrected chi connectivity index (χ1v) is 6.17. The number of nitrogens with zero attached hydrogens (tertiary/aromatic N) is 1. The number of fused-ring (bicyclic) bond motifs is 1. The van der Waals surface area contributed by atoms with E-state index in [1.54, 1.807) is 0 Å². The predicted octanol–water partition coefficient (Wildman–Crippen LogP) is 2.72. The molecule has 6 heteroatoms. The fraction of sp³-hybridized carbons (Fsp3) is 0.286. The van der Waals surface area contributed by atoms with Crippen molar-refractivity contribution < 1.29 is 23.4 Å². The molecule has 1 aliphatic heterocycles. The van der Waals surface area contributed by atoms with Gasteiger partial charge in [0, 0.05) is 29.7 Å². The molecular weight excluding hydrogens is 268 g/mol. The normalized spacial score (nSPS) is 18.6. The van der Waals surface area contributed by atoms with Crippen LogP contribution in [-0.4, -0.2) is 29.3 Å². The third-order valence-electron chi connectivity index (χ3n) is 3.43. The lowest BCUT2D eigenvalue weighted by Crippen LogP contribution is -2.07. The van der Waals surface area contributed by atoms with E-state index < -0.39 is 17.6 Å². The van der Waals surface area contributed by atoms with Gasteiger partial charge in [0.15, 0.2) is 5.82 Å². The van der Waals surface area contributed by atoms with Crippen molar-refractivity contribution in [2.45, 2.75) is 12.3 Å². The average Bonchev–Trinajstić information content (AvgIpc) is 2.91. The van der Waals surface area contributed by atoms with E-state index in [4.69, 9.17) is 4.74 Å². The van der Waals surface area contributed by atoms with E-state index in [9.17, 15) is 18.7 Å². The molecule has 0 amide bonds. The number of hydrogen-bond acceptors (Lipinski definition) is 3. The van der Waals surface area contributed by atoms with Gasteiger partial charge in [-0.15, -0.1) is 0 Å². The second-order valence-electron chi connectivity index (χ2n) is 4.74. The molecule has 0 radical (unpaired) electrons. The molecule has 1 unspecified atom stereocenters. The van der Waals surface area contributed by atoms with Gasteiger partial charge in [-0.3, -0.25) is 0 Å². The van der Waals surface area contributed by atoms with Crippen LogP contribution in [0.1, 0.15) is 28.4 Å². The Kier molecular flexibility index (Phi) is 3.10. The van der Waals surface area contributed by atoms with E-state index in [-0.39, 0.29) is 22.4 Å². The third-order valence-corrected chi connectivity index (χ3v) is 3.43. The Bertz CT molecular complexity index is 696. The van der Waals surface area contributed by atoms with E-state index in [0.29, 0.717) is 31.4 Å². The number of carbonyl (C=O) groups is 1. The van der Waals surface area contributed by atoms with Gasteiger partial charge in [0.25, 0.3) is 0 Å². The van der Waals surface area contributed by atoms with Gasteiger partial charge in [0.05, 0.1) is 12.2 Å². The van der Waals surface area contributed by atoms with Crippen LogP contribution < -0.4 is 0 Å². The van der Waals surface area contributed by atoms with Gasteiger partial charge in [-0.05, 0) is 18.6 Å². The highest BCUT2D eigenvalue weighted by molar-refractivity contribution is 6.02. The summed E-state index contributed by atoms with van der Waals surface area (Å²) in [5, 5.41) is 9.20. The molecule has 1 saturated heterocycles. The number of carboxylic acids is 1. The molecule has 4 nitrogen and oxygen atoms in total. The fourth-order valence-electron chi connectivity index (χ4n) is 2.43. The Morgan fingerprint density at radius 2 is 2.15 bits per heavy atom. The summed E-state index contributed by atoms with van der Waals surface area (Å²) in [7, 11) is 0. The zero-order valence-corrected chi connectivity index (χ0v) is 10.4. The Morgan fingerprint density at radius 1 is 1.35 bits per heavy atom. The number of benzene rings is 1. The third kappa shape index (κ3) is 2.12. The van der Waals surface area contributed by atoms with E-state index in [1.807, 2.05) is 0 Å². The molecule has 1 aliphatic rings. The highest BCUT2D eigenvalue weighted by Gasteiger charge is 2.23. The quantitative estimate of drug-likeness (QED) is 0.918. The van der Waals surface area contributed by atoms with Crippen LogP contribution in [0.25, 0.3) is 10.9 Å². The standard InChI is InChI=1S/C14H11F2NO3/c15-8-3-9-10(14(18)19)5-12(7-1-2-20-6-7)17-13(9)11(16)4-8/h3-5,7H,1-2,6H2,(H,18,19). The van der Waals surface area contributed by atoms with Crippen LogP contribution in [0.5, 0.6) is 0 Å². The Hall–Kier alpha value is -2.08. The number of rotatable bonds is 2. The van der Waals surface area contributed by atoms with Crippen LogP contribution in [0.3, 0.4) is 0 Å². The molecule has 0 spiro atoms. The summed E-state index contributed by atoms with van der Waals surface area (Å²) in [5.74, 6) is -2.97. The van der Waals surface area contributed by atoms with Crippen molar-refractivity contribution in [3.05, 3.63) is 41.1 Å². The number of aromatic carboxylic acids is 1. The number of pyridine rings is 1. The van der Waals surface area contributed by atoms with Gasteiger partial charge >= 0.3 is 5.97 Å². The van der Waals surface area contributed by atoms with Gasteiger partial charge in [0.2, 0.25) is 0 Å². The summed E-state index contributed by atoms with van der Waals surface area (Å²) in [6.07, 6.45) is 0.709. The summed E-state index contributed by atoms with van der Waals surface area (Å²) in [6.45, 7) is 0.999. The summed E-state index contributed by atoms with van der Waals surface area (Å²) in [6, 6.07) is 3.07. The minimum Gasteiger partial charge on any atom is -0.478 e. The second kappa shape index (κ2) is 4.79. The summed E-state index contributed by atoms with van der Waals surface area (Å²) in [5.41, 5.74) is 0.210. The van der Waals surface area contributed by atoms with Crippen molar-refractivity contribution in [2.24, 2.45) is 0 Å². The van der Waals surface area contributed by atoms with Crippen LogP contribution in [-0.2, 0) is 4.74 Å². The maximum atomic E-state index is 13.8. The molecule has 2 heterocycles. The van der Waals surface area contributed by atoms with Crippen LogP contribution in [0.4, 0.5) is 8.78 Å². The van der Waals surface area contributed by atoms with E-state index >= 15 is 0 Å². The highest BCUT2D eigenvalue weighted by Crippen LogP contribution is 2.29. The Balaban J connectivity index is 2.27. The number of hydrogen-bond donors (Lipinski definition) is 1.